The number of piperidine rings is 1. The number of ether oxygens (including phenoxy) is 1. The maximum atomic E-state index is 13.6. The Balaban J connectivity index is 1.17. The zero-order valence-corrected chi connectivity index (χ0v) is 25.0. The maximum Gasteiger partial charge on any atom is 0.222 e. The number of nitrogens with zero attached hydrogens (tertiary/aromatic N) is 2. The number of carbonyl (C=O) groups is 1. The highest BCUT2D eigenvalue weighted by molar-refractivity contribution is 5.76. The molecular weight excluding hydrogens is 524 g/mol. The molecule has 6 nitrogen and oxygen atoms in total. The van der Waals surface area contributed by atoms with E-state index in [9.17, 15) is 15.0 Å². The number of phenols is 1. The van der Waals surface area contributed by atoms with Crippen molar-refractivity contribution in [1.82, 2.24) is 9.80 Å². The Morgan fingerprint density at radius 1 is 1.05 bits per heavy atom. The maximum absolute atomic E-state index is 13.6. The van der Waals surface area contributed by atoms with Crippen LogP contribution in [0.5, 0.6) is 11.5 Å². The van der Waals surface area contributed by atoms with Gasteiger partial charge >= 0.3 is 0 Å². The summed E-state index contributed by atoms with van der Waals surface area (Å²) in [4.78, 5) is 17.9. The Bertz CT molecular complexity index is 1520. The Hall–Kier alpha value is -3.35. The molecule has 7 rings (SSSR count). The van der Waals surface area contributed by atoms with Crippen LogP contribution in [0.4, 0.5) is 0 Å². The van der Waals surface area contributed by atoms with Gasteiger partial charge < -0.3 is 19.8 Å². The van der Waals surface area contributed by atoms with Crippen molar-refractivity contribution in [2.45, 2.75) is 88.0 Å². The van der Waals surface area contributed by atoms with Crippen molar-refractivity contribution < 1.29 is 19.7 Å². The first kappa shape index (κ1) is 27.5. The molecule has 220 valence electrons. The second kappa shape index (κ2) is 10.1. The fraction of sp³-hybridized carbons (Fsp3) is 0.472. The molecule has 2 N–H and O–H groups in total. The standard InChI is InChI=1S/C36H42N2O4/c1-23-9-10-26(19-24(23)2)11-14-32(40)37(3)28-21-31-35-16-18-38(17-15-25-7-5-4-6-8-25)30(36(35,41)22-28)20-27-12-13-29(39)34(42-31)33(27)35/h4-10,12-13,19,28,30-31,39,41H,11,14-18,20-22H2,1-3H3/t28?,30-,31?,35-,36-/m1/s1. The summed E-state index contributed by atoms with van der Waals surface area (Å²) in [6.45, 7) is 5.96. The first-order valence-electron chi connectivity index (χ1n) is 15.6. The third-order valence-corrected chi connectivity index (χ3v) is 11.2. The zero-order valence-electron chi connectivity index (χ0n) is 25.0. The van der Waals surface area contributed by atoms with E-state index in [4.69, 9.17) is 4.74 Å². The largest absolute Gasteiger partial charge is 0.504 e. The molecule has 2 heterocycles. The summed E-state index contributed by atoms with van der Waals surface area (Å²) in [6, 6.07) is 20.5. The minimum atomic E-state index is -1.07. The molecule has 2 fully saturated rings. The van der Waals surface area contributed by atoms with E-state index < -0.39 is 11.0 Å². The fourth-order valence-corrected chi connectivity index (χ4v) is 8.70. The van der Waals surface area contributed by atoms with E-state index in [0.717, 1.165) is 31.5 Å². The lowest BCUT2D eigenvalue weighted by molar-refractivity contribution is -0.198. The molecule has 3 aromatic rings. The van der Waals surface area contributed by atoms with Gasteiger partial charge in [-0.3, -0.25) is 9.69 Å². The average Bonchev–Trinajstić information content (AvgIpc) is 3.33. The number of rotatable bonds is 7. The van der Waals surface area contributed by atoms with Gasteiger partial charge in [0.1, 0.15) is 6.10 Å². The van der Waals surface area contributed by atoms with E-state index in [-0.39, 0.29) is 29.8 Å². The summed E-state index contributed by atoms with van der Waals surface area (Å²) >= 11 is 0. The monoisotopic (exact) mass is 566 g/mol. The van der Waals surface area contributed by atoms with Gasteiger partial charge in [0.15, 0.2) is 11.5 Å². The number of carbonyl (C=O) groups excluding carboxylic acids is 1. The number of aryl methyl sites for hydroxylation is 3. The molecule has 1 saturated carbocycles. The molecule has 1 amide bonds. The van der Waals surface area contributed by atoms with Gasteiger partial charge in [-0.05, 0) is 86.4 Å². The lowest BCUT2D eigenvalue weighted by Crippen LogP contribution is -2.77. The molecule has 6 heteroatoms. The van der Waals surface area contributed by atoms with Crippen molar-refractivity contribution in [3.05, 3.63) is 94.0 Å². The van der Waals surface area contributed by atoms with Crippen molar-refractivity contribution in [1.29, 1.82) is 0 Å². The minimum Gasteiger partial charge on any atom is -0.504 e. The summed E-state index contributed by atoms with van der Waals surface area (Å²) in [5.74, 6) is 0.800. The van der Waals surface area contributed by atoms with Crippen molar-refractivity contribution in [3.63, 3.8) is 0 Å². The fourth-order valence-electron chi connectivity index (χ4n) is 8.70. The van der Waals surface area contributed by atoms with Crippen LogP contribution in [0.2, 0.25) is 0 Å². The SMILES string of the molecule is Cc1ccc(CCC(=O)N(C)C2CC3Oc4c(O)ccc5c4[C@@]34CCN(CCc3ccccc3)[C@H](C5)[C@]4(O)C2)cc1C. The van der Waals surface area contributed by atoms with E-state index in [2.05, 4.69) is 61.2 Å². The van der Waals surface area contributed by atoms with Gasteiger partial charge in [0.25, 0.3) is 0 Å². The van der Waals surface area contributed by atoms with E-state index in [1.807, 2.05) is 24.1 Å². The van der Waals surface area contributed by atoms with Crippen LogP contribution in [-0.4, -0.2) is 69.8 Å². The topological polar surface area (TPSA) is 73.2 Å². The van der Waals surface area contributed by atoms with E-state index in [1.54, 1.807) is 6.07 Å². The number of hydrogen-bond donors (Lipinski definition) is 2. The molecule has 1 spiro atoms. The van der Waals surface area contributed by atoms with Gasteiger partial charge in [-0.15, -0.1) is 0 Å². The summed E-state index contributed by atoms with van der Waals surface area (Å²) in [5, 5.41) is 23.8. The van der Waals surface area contributed by atoms with Crippen LogP contribution >= 0.6 is 0 Å². The highest BCUT2D eigenvalue weighted by atomic mass is 16.5. The number of benzene rings is 3. The second-order valence-electron chi connectivity index (χ2n) is 13.2. The quantitative estimate of drug-likeness (QED) is 0.427. The summed E-state index contributed by atoms with van der Waals surface area (Å²) < 4.78 is 6.59. The highest BCUT2D eigenvalue weighted by Crippen LogP contribution is 2.65. The zero-order chi connectivity index (χ0) is 29.2. The molecular formula is C36H42N2O4. The summed E-state index contributed by atoms with van der Waals surface area (Å²) in [6.07, 6.45) is 4.43. The Kier molecular flexibility index (Phi) is 6.63. The van der Waals surface area contributed by atoms with E-state index in [1.165, 1.54) is 27.8 Å². The molecule has 5 atom stereocenters. The molecule has 2 bridgehead atoms. The van der Waals surface area contributed by atoms with Gasteiger partial charge in [-0.1, -0.05) is 54.6 Å². The van der Waals surface area contributed by atoms with E-state index in [0.29, 0.717) is 37.9 Å². The van der Waals surface area contributed by atoms with Gasteiger partial charge in [0.05, 0.1) is 11.0 Å². The van der Waals surface area contributed by atoms with Crippen LogP contribution in [0.25, 0.3) is 0 Å². The minimum absolute atomic E-state index is 0.0779. The van der Waals surface area contributed by atoms with Gasteiger partial charge in [0.2, 0.25) is 5.91 Å². The van der Waals surface area contributed by atoms with Crippen molar-refractivity contribution >= 4 is 5.91 Å². The lowest BCUT2D eigenvalue weighted by Gasteiger charge is -2.64. The van der Waals surface area contributed by atoms with Gasteiger partial charge in [-0.2, -0.15) is 0 Å². The number of amides is 1. The smallest absolute Gasteiger partial charge is 0.222 e. The lowest BCUT2D eigenvalue weighted by atomic mass is 9.48. The van der Waals surface area contributed by atoms with Crippen molar-refractivity contribution in [3.8, 4) is 11.5 Å². The molecule has 1 saturated heterocycles. The van der Waals surface area contributed by atoms with Gasteiger partial charge in [0, 0.05) is 44.1 Å². The predicted molar refractivity (Wildman–Crippen MR) is 163 cm³/mol. The predicted octanol–water partition coefficient (Wildman–Crippen LogP) is 4.87. The summed E-state index contributed by atoms with van der Waals surface area (Å²) in [7, 11) is 1.89. The normalized spacial score (nSPS) is 29.1. The van der Waals surface area contributed by atoms with Crippen molar-refractivity contribution in [2.24, 2.45) is 0 Å². The van der Waals surface area contributed by atoms with Crippen LogP contribution in [0, 0.1) is 13.8 Å². The van der Waals surface area contributed by atoms with E-state index >= 15 is 0 Å². The molecule has 2 aliphatic heterocycles. The first-order valence-corrected chi connectivity index (χ1v) is 15.6. The Labute approximate surface area is 248 Å². The first-order chi connectivity index (χ1) is 20.2. The average molecular weight is 567 g/mol. The van der Waals surface area contributed by atoms with Crippen LogP contribution in [0.15, 0.2) is 60.7 Å². The van der Waals surface area contributed by atoms with Crippen LogP contribution in [0.1, 0.15) is 59.1 Å². The number of phenolic OH excluding ortho intramolecular Hbond substituents is 1. The molecule has 4 aliphatic rings. The number of likely N-dealkylation sites (tertiary alicyclic amines) is 1. The summed E-state index contributed by atoms with van der Waals surface area (Å²) in [5.41, 5.74) is 5.55. The van der Waals surface area contributed by atoms with Crippen molar-refractivity contribution in [2.75, 3.05) is 20.1 Å². The third-order valence-electron chi connectivity index (χ3n) is 11.2. The van der Waals surface area contributed by atoms with Crippen LogP contribution < -0.4 is 4.74 Å². The Morgan fingerprint density at radius 3 is 2.64 bits per heavy atom. The van der Waals surface area contributed by atoms with Gasteiger partial charge in [-0.25, -0.2) is 0 Å². The molecule has 42 heavy (non-hydrogen) atoms. The number of aromatic hydroxyl groups is 1. The number of aliphatic hydroxyl groups is 1. The molecule has 2 unspecified atom stereocenters. The molecule has 0 radical (unpaired) electrons. The molecule has 0 aromatic heterocycles. The van der Waals surface area contributed by atoms with Crippen LogP contribution in [0.3, 0.4) is 0 Å². The van der Waals surface area contributed by atoms with Crippen LogP contribution in [-0.2, 0) is 29.5 Å². The molecule has 2 aliphatic carbocycles. The molecule has 3 aromatic carbocycles. The number of hydrogen-bond acceptors (Lipinski definition) is 5. The third kappa shape index (κ3) is 4.10. The second-order valence-corrected chi connectivity index (χ2v) is 13.2. The Morgan fingerprint density at radius 2 is 1.86 bits per heavy atom. The highest BCUT2D eigenvalue weighted by Gasteiger charge is 2.72.